The molecule has 0 saturated carbocycles. The first kappa shape index (κ1) is 50.9. The van der Waals surface area contributed by atoms with Crippen LogP contribution in [0.2, 0.25) is 0 Å². The van der Waals surface area contributed by atoms with Gasteiger partial charge in [0, 0.05) is 13.0 Å². The third-order valence-electron chi connectivity index (χ3n) is 10.7. The lowest BCUT2D eigenvalue weighted by molar-refractivity contribution is -0.305. The van der Waals surface area contributed by atoms with Crippen LogP contribution in [-0.4, -0.2) is 89.6 Å². The SMILES string of the molecule is CCCCCCCCCC/C=C\CCCCCCCCCCCCCC(=O)OC(COCCCCCCCCCC)COC1OC(CO)C(O)C(O)C1O. The van der Waals surface area contributed by atoms with Crippen molar-refractivity contribution in [2.75, 3.05) is 26.4 Å². The Morgan fingerprint density at radius 2 is 1.02 bits per heavy atom. The molecule has 320 valence electrons. The van der Waals surface area contributed by atoms with E-state index in [-0.39, 0.29) is 19.2 Å². The van der Waals surface area contributed by atoms with Crippen LogP contribution >= 0.6 is 0 Å². The number of aliphatic hydroxyl groups excluding tert-OH is 4. The van der Waals surface area contributed by atoms with Gasteiger partial charge in [0.25, 0.3) is 0 Å². The highest BCUT2D eigenvalue weighted by molar-refractivity contribution is 5.69. The fourth-order valence-electron chi connectivity index (χ4n) is 7.08. The molecule has 1 heterocycles. The second-order valence-electron chi connectivity index (χ2n) is 15.9. The minimum atomic E-state index is -1.53. The van der Waals surface area contributed by atoms with Crippen LogP contribution in [0.5, 0.6) is 0 Å². The van der Waals surface area contributed by atoms with Crippen molar-refractivity contribution in [3.05, 3.63) is 12.2 Å². The van der Waals surface area contributed by atoms with Gasteiger partial charge in [-0.2, -0.15) is 0 Å². The van der Waals surface area contributed by atoms with Crippen LogP contribution in [0.3, 0.4) is 0 Å². The molecule has 1 aliphatic heterocycles. The van der Waals surface area contributed by atoms with Crippen molar-refractivity contribution in [2.45, 2.75) is 243 Å². The molecule has 0 amide bonds. The van der Waals surface area contributed by atoms with Crippen molar-refractivity contribution in [3.63, 3.8) is 0 Å². The van der Waals surface area contributed by atoms with E-state index in [1.165, 1.54) is 154 Å². The van der Waals surface area contributed by atoms with Crippen molar-refractivity contribution in [3.8, 4) is 0 Å². The lowest BCUT2D eigenvalue weighted by Crippen LogP contribution is -2.59. The lowest BCUT2D eigenvalue weighted by atomic mass is 9.99. The highest BCUT2D eigenvalue weighted by atomic mass is 16.7. The zero-order valence-corrected chi connectivity index (χ0v) is 35.0. The zero-order valence-electron chi connectivity index (χ0n) is 35.0. The molecule has 9 nitrogen and oxygen atoms in total. The monoisotopic (exact) mass is 771 g/mol. The molecule has 9 heteroatoms. The predicted octanol–water partition coefficient (Wildman–Crippen LogP) is 10.0. The van der Waals surface area contributed by atoms with E-state index in [1.54, 1.807) is 0 Å². The zero-order chi connectivity index (χ0) is 39.3. The summed E-state index contributed by atoms with van der Waals surface area (Å²) in [6.07, 6.45) is 34.0. The van der Waals surface area contributed by atoms with Gasteiger partial charge in [-0.05, 0) is 38.5 Å². The fourth-order valence-corrected chi connectivity index (χ4v) is 7.08. The van der Waals surface area contributed by atoms with Gasteiger partial charge >= 0.3 is 5.97 Å². The highest BCUT2D eigenvalue weighted by Gasteiger charge is 2.44. The lowest BCUT2D eigenvalue weighted by Gasteiger charge is -2.39. The van der Waals surface area contributed by atoms with E-state index in [1.807, 2.05) is 0 Å². The summed E-state index contributed by atoms with van der Waals surface area (Å²) < 4.78 is 22.7. The molecule has 0 radical (unpaired) electrons. The molecule has 54 heavy (non-hydrogen) atoms. The number of carbonyl (C=O) groups is 1. The summed E-state index contributed by atoms with van der Waals surface area (Å²) in [5.74, 6) is -0.313. The van der Waals surface area contributed by atoms with Crippen LogP contribution in [-0.2, 0) is 23.7 Å². The second-order valence-corrected chi connectivity index (χ2v) is 15.9. The molecular weight excluding hydrogens is 684 g/mol. The summed E-state index contributed by atoms with van der Waals surface area (Å²) in [5.41, 5.74) is 0. The smallest absolute Gasteiger partial charge is 0.306 e. The number of unbranched alkanes of at least 4 members (excludes halogenated alkanes) is 26. The Morgan fingerprint density at radius 3 is 1.50 bits per heavy atom. The molecule has 0 bridgehead atoms. The molecule has 0 aromatic heterocycles. The summed E-state index contributed by atoms with van der Waals surface area (Å²) >= 11 is 0. The van der Waals surface area contributed by atoms with Gasteiger partial charge in [0.15, 0.2) is 6.29 Å². The Hall–Kier alpha value is -1.07. The number of aliphatic hydroxyl groups is 4. The average molecular weight is 771 g/mol. The van der Waals surface area contributed by atoms with E-state index in [9.17, 15) is 25.2 Å². The number of ether oxygens (including phenoxy) is 4. The topological polar surface area (TPSA) is 135 Å². The van der Waals surface area contributed by atoms with Crippen molar-refractivity contribution < 1.29 is 44.2 Å². The van der Waals surface area contributed by atoms with Crippen LogP contribution in [0.1, 0.15) is 206 Å². The number of carbonyl (C=O) groups excluding carboxylic acids is 1. The maximum absolute atomic E-state index is 12.7. The predicted molar refractivity (Wildman–Crippen MR) is 219 cm³/mol. The van der Waals surface area contributed by atoms with Crippen LogP contribution in [0.25, 0.3) is 0 Å². The van der Waals surface area contributed by atoms with Crippen LogP contribution in [0, 0.1) is 0 Å². The van der Waals surface area contributed by atoms with Crippen LogP contribution < -0.4 is 0 Å². The molecule has 1 rings (SSSR count). The van der Waals surface area contributed by atoms with E-state index in [4.69, 9.17) is 18.9 Å². The molecular formula is C45H86O9. The van der Waals surface area contributed by atoms with Gasteiger partial charge in [-0.3, -0.25) is 4.79 Å². The third kappa shape index (κ3) is 28.3. The standard InChI is InChI=1S/C45H86O9/c1-3-5-7-9-11-13-14-15-16-17-18-19-20-21-22-23-24-25-26-27-28-30-32-34-41(47)53-39(37-51-35-33-31-29-12-10-8-6-4-2)38-52-45-44(50)43(49)42(48)40(36-46)54-45/h17-18,39-40,42-46,48-50H,3-16,19-38H2,1-2H3/b18-17-. The number of rotatable bonds is 39. The van der Waals surface area contributed by atoms with Crippen LogP contribution in [0.4, 0.5) is 0 Å². The summed E-state index contributed by atoms with van der Waals surface area (Å²) in [7, 11) is 0. The molecule has 6 atom stereocenters. The highest BCUT2D eigenvalue weighted by Crippen LogP contribution is 2.23. The van der Waals surface area contributed by atoms with Gasteiger partial charge in [-0.15, -0.1) is 0 Å². The van der Waals surface area contributed by atoms with E-state index < -0.39 is 43.4 Å². The van der Waals surface area contributed by atoms with Gasteiger partial charge in [0.2, 0.25) is 0 Å². The third-order valence-corrected chi connectivity index (χ3v) is 10.7. The number of allylic oxidation sites excluding steroid dienone is 2. The minimum Gasteiger partial charge on any atom is -0.457 e. The molecule has 0 aliphatic carbocycles. The summed E-state index contributed by atoms with van der Waals surface area (Å²) in [6.45, 7) is 4.56. The average Bonchev–Trinajstić information content (AvgIpc) is 3.17. The molecule has 1 saturated heterocycles. The normalized spacial score (nSPS) is 20.9. The molecule has 0 aromatic carbocycles. The molecule has 0 spiro atoms. The first-order chi connectivity index (χ1) is 26.4. The number of hydrogen-bond acceptors (Lipinski definition) is 9. The molecule has 4 N–H and O–H groups in total. The largest absolute Gasteiger partial charge is 0.457 e. The minimum absolute atomic E-state index is 0.109. The Morgan fingerprint density at radius 1 is 0.574 bits per heavy atom. The van der Waals surface area contributed by atoms with Gasteiger partial charge in [0.1, 0.15) is 30.5 Å². The molecule has 0 aromatic rings. The summed E-state index contributed by atoms with van der Waals surface area (Å²) in [6, 6.07) is 0. The molecule has 1 aliphatic rings. The Balaban J connectivity index is 2.15. The van der Waals surface area contributed by atoms with Crippen molar-refractivity contribution in [1.29, 1.82) is 0 Å². The van der Waals surface area contributed by atoms with Gasteiger partial charge < -0.3 is 39.4 Å². The first-order valence-electron chi connectivity index (χ1n) is 22.8. The molecule has 6 unspecified atom stereocenters. The number of esters is 1. The second kappa shape index (κ2) is 37.5. The molecule has 1 fully saturated rings. The van der Waals surface area contributed by atoms with E-state index in [0.717, 1.165) is 32.1 Å². The summed E-state index contributed by atoms with van der Waals surface area (Å²) in [4.78, 5) is 12.7. The van der Waals surface area contributed by atoms with Gasteiger partial charge in [0.05, 0.1) is 19.8 Å². The number of hydrogen-bond donors (Lipinski definition) is 4. The van der Waals surface area contributed by atoms with E-state index >= 15 is 0 Å². The fraction of sp³-hybridized carbons (Fsp3) is 0.933. The van der Waals surface area contributed by atoms with Crippen molar-refractivity contribution in [2.24, 2.45) is 0 Å². The summed E-state index contributed by atoms with van der Waals surface area (Å²) in [5, 5.41) is 40.0. The Bertz CT molecular complexity index is 838. The maximum atomic E-state index is 12.7. The van der Waals surface area contributed by atoms with E-state index in [2.05, 4.69) is 26.0 Å². The maximum Gasteiger partial charge on any atom is 0.306 e. The van der Waals surface area contributed by atoms with Crippen LogP contribution in [0.15, 0.2) is 12.2 Å². The van der Waals surface area contributed by atoms with Crippen molar-refractivity contribution in [1.82, 2.24) is 0 Å². The van der Waals surface area contributed by atoms with E-state index in [0.29, 0.717) is 13.0 Å². The Labute approximate surface area is 331 Å². The first-order valence-corrected chi connectivity index (χ1v) is 22.8. The van der Waals surface area contributed by atoms with Gasteiger partial charge in [-0.1, -0.05) is 174 Å². The van der Waals surface area contributed by atoms with Gasteiger partial charge in [-0.25, -0.2) is 0 Å². The Kier molecular flexibility index (Phi) is 35.4. The van der Waals surface area contributed by atoms with Crippen molar-refractivity contribution >= 4 is 5.97 Å². The quantitative estimate of drug-likeness (QED) is 0.0274.